The summed E-state index contributed by atoms with van der Waals surface area (Å²) in [5, 5.41) is 0. The molecule has 2 aromatic carbocycles. The van der Waals surface area contributed by atoms with Crippen molar-refractivity contribution >= 4 is 49.9 Å². The van der Waals surface area contributed by atoms with Gasteiger partial charge in [0.1, 0.15) is 0 Å². The first-order valence-electron chi connectivity index (χ1n) is 9.80. The highest BCUT2D eigenvalue weighted by molar-refractivity contribution is 9.15. The molecule has 0 saturated heterocycles. The Labute approximate surface area is 190 Å². The summed E-state index contributed by atoms with van der Waals surface area (Å²) < 4.78 is 0.525. The van der Waals surface area contributed by atoms with Crippen molar-refractivity contribution in [2.45, 2.75) is 33.7 Å². The number of aryl methyl sites for hydroxylation is 2. The fraction of sp³-hybridized carbons (Fsp3) is 0.208. The Balaban J connectivity index is 2.04. The molecular formula is C24H24BrN3O3. The third-order valence-corrected chi connectivity index (χ3v) is 6.01. The number of hydrogen-bond donors (Lipinski definition) is 2. The highest BCUT2D eigenvalue weighted by Gasteiger charge is 2.30. The highest BCUT2D eigenvalue weighted by atomic mass is 79.9. The molecule has 0 aromatic heterocycles. The van der Waals surface area contributed by atoms with Gasteiger partial charge in [-0.3, -0.25) is 25.2 Å². The fourth-order valence-corrected chi connectivity index (χ4v) is 4.09. The van der Waals surface area contributed by atoms with Gasteiger partial charge in [-0.25, -0.2) is 0 Å². The fourth-order valence-electron chi connectivity index (χ4n) is 3.44. The summed E-state index contributed by atoms with van der Waals surface area (Å²) in [6.07, 6.45) is 1.68. The monoisotopic (exact) mass is 481 g/mol. The molecule has 7 heteroatoms. The Morgan fingerprint density at radius 2 is 1.90 bits per heavy atom. The van der Waals surface area contributed by atoms with Crippen LogP contribution < -0.4 is 15.8 Å². The largest absolute Gasteiger partial charge is 0.307 e. The van der Waals surface area contributed by atoms with Crippen LogP contribution in [0.15, 0.2) is 48.6 Å². The Kier molecular flexibility index (Phi) is 6.75. The van der Waals surface area contributed by atoms with Crippen LogP contribution >= 0.6 is 15.9 Å². The number of anilines is 1. The van der Waals surface area contributed by atoms with E-state index in [1.54, 1.807) is 11.0 Å². The third kappa shape index (κ3) is 4.94. The maximum atomic E-state index is 13.3. The Morgan fingerprint density at radius 1 is 1.16 bits per heavy atom. The summed E-state index contributed by atoms with van der Waals surface area (Å²) in [7, 11) is 0. The van der Waals surface area contributed by atoms with Crippen LogP contribution in [0.5, 0.6) is 0 Å². The lowest BCUT2D eigenvalue weighted by atomic mass is 10.0. The van der Waals surface area contributed by atoms with E-state index in [4.69, 9.17) is 0 Å². The molecule has 3 rings (SSSR count). The van der Waals surface area contributed by atoms with Gasteiger partial charge in [-0.15, -0.1) is 0 Å². The molecule has 0 atom stereocenters. The van der Waals surface area contributed by atoms with E-state index in [1.807, 2.05) is 50.2 Å². The number of hydrogen-bond acceptors (Lipinski definition) is 3. The van der Waals surface area contributed by atoms with Gasteiger partial charge in [0.25, 0.3) is 5.91 Å². The Hall–Kier alpha value is -3.19. The first-order chi connectivity index (χ1) is 14.7. The van der Waals surface area contributed by atoms with Crippen molar-refractivity contribution in [2.24, 2.45) is 0 Å². The molecule has 0 fully saturated rings. The minimum Gasteiger partial charge on any atom is -0.307 e. The molecule has 31 heavy (non-hydrogen) atoms. The number of amides is 3. The molecule has 1 heterocycles. The van der Waals surface area contributed by atoms with Crippen molar-refractivity contribution in [2.75, 3.05) is 4.90 Å². The second-order valence-electron chi connectivity index (χ2n) is 7.50. The number of halogens is 1. The second-order valence-corrected chi connectivity index (χ2v) is 8.29. The van der Waals surface area contributed by atoms with Crippen LogP contribution in [0.1, 0.15) is 41.2 Å². The van der Waals surface area contributed by atoms with Gasteiger partial charge in [-0.1, -0.05) is 36.9 Å². The SMILES string of the molecule is C=Cc1cc(CN2C(=O)CC(C(=O)NNC(C)=O)=C(Br)c3ccc(C)cc32)ccc1C. The van der Waals surface area contributed by atoms with E-state index in [0.29, 0.717) is 11.0 Å². The number of rotatable bonds is 4. The summed E-state index contributed by atoms with van der Waals surface area (Å²) in [5.74, 6) is -1.15. The number of hydrazine groups is 1. The molecule has 1 aliphatic heterocycles. The van der Waals surface area contributed by atoms with Gasteiger partial charge < -0.3 is 4.90 Å². The number of nitrogens with one attached hydrogen (secondary N) is 2. The van der Waals surface area contributed by atoms with Crippen molar-refractivity contribution in [3.8, 4) is 0 Å². The van der Waals surface area contributed by atoms with Crippen LogP contribution in [-0.2, 0) is 20.9 Å². The minimum absolute atomic E-state index is 0.111. The van der Waals surface area contributed by atoms with Gasteiger partial charge in [-0.05, 0) is 64.2 Å². The lowest BCUT2D eigenvalue weighted by molar-refractivity contribution is -0.126. The normalized spacial score (nSPS) is 13.4. The molecule has 2 N–H and O–H groups in total. The summed E-state index contributed by atoms with van der Waals surface area (Å²) in [6, 6.07) is 11.8. The van der Waals surface area contributed by atoms with Gasteiger partial charge in [0.2, 0.25) is 11.8 Å². The number of carbonyl (C=O) groups is 3. The second kappa shape index (κ2) is 9.31. The van der Waals surface area contributed by atoms with Crippen molar-refractivity contribution in [1.29, 1.82) is 0 Å². The summed E-state index contributed by atoms with van der Waals surface area (Å²) in [6.45, 7) is 9.48. The predicted octanol–water partition coefficient (Wildman–Crippen LogP) is 4.16. The van der Waals surface area contributed by atoms with Crippen LogP contribution in [0, 0.1) is 13.8 Å². The van der Waals surface area contributed by atoms with E-state index in [2.05, 4.69) is 33.4 Å². The quantitative estimate of drug-likeness (QED) is 0.643. The zero-order chi connectivity index (χ0) is 22.7. The summed E-state index contributed by atoms with van der Waals surface area (Å²) in [4.78, 5) is 38.8. The molecule has 0 aliphatic carbocycles. The van der Waals surface area contributed by atoms with E-state index in [-0.39, 0.29) is 17.9 Å². The summed E-state index contributed by atoms with van der Waals surface area (Å²) >= 11 is 3.52. The number of nitrogens with zero attached hydrogens (tertiary/aromatic N) is 1. The molecule has 0 bridgehead atoms. The molecular weight excluding hydrogens is 458 g/mol. The predicted molar refractivity (Wildman–Crippen MR) is 126 cm³/mol. The van der Waals surface area contributed by atoms with Crippen LogP contribution in [0.2, 0.25) is 0 Å². The molecule has 6 nitrogen and oxygen atoms in total. The van der Waals surface area contributed by atoms with Crippen LogP contribution in [-0.4, -0.2) is 17.7 Å². The maximum Gasteiger partial charge on any atom is 0.267 e. The average molecular weight is 482 g/mol. The van der Waals surface area contributed by atoms with Crippen LogP contribution in [0.4, 0.5) is 5.69 Å². The van der Waals surface area contributed by atoms with E-state index in [0.717, 1.165) is 33.5 Å². The average Bonchev–Trinajstić information content (AvgIpc) is 2.83. The molecule has 2 aromatic rings. The van der Waals surface area contributed by atoms with E-state index in [9.17, 15) is 14.4 Å². The Morgan fingerprint density at radius 3 is 2.58 bits per heavy atom. The van der Waals surface area contributed by atoms with Crippen LogP contribution in [0.25, 0.3) is 10.6 Å². The minimum atomic E-state index is -0.534. The highest BCUT2D eigenvalue weighted by Crippen LogP contribution is 2.39. The smallest absolute Gasteiger partial charge is 0.267 e. The van der Waals surface area contributed by atoms with E-state index < -0.39 is 11.8 Å². The molecule has 0 spiro atoms. The van der Waals surface area contributed by atoms with Gasteiger partial charge in [0.05, 0.1) is 18.7 Å². The van der Waals surface area contributed by atoms with Gasteiger partial charge in [0.15, 0.2) is 0 Å². The van der Waals surface area contributed by atoms with Gasteiger partial charge in [-0.2, -0.15) is 0 Å². The van der Waals surface area contributed by atoms with Crippen LogP contribution in [0.3, 0.4) is 0 Å². The van der Waals surface area contributed by atoms with Gasteiger partial charge in [0, 0.05) is 22.5 Å². The molecule has 1 aliphatic rings. The standard InChI is InChI=1S/C24H24BrN3O3/c1-5-18-11-17(8-7-15(18)3)13-28-21-10-14(2)6-9-19(21)23(25)20(12-22(28)30)24(31)27-26-16(4)29/h5-11H,1,12-13H2,2-4H3,(H,26,29)(H,27,31). The molecule has 3 amide bonds. The van der Waals surface area contributed by atoms with Crippen molar-refractivity contribution in [3.63, 3.8) is 0 Å². The number of benzene rings is 2. The Bertz CT molecular complexity index is 1120. The lowest BCUT2D eigenvalue weighted by Crippen LogP contribution is -2.41. The molecule has 0 saturated carbocycles. The van der Waals surface area contributed by atoms with Gasteiger partial charge >= 0.3 is 0 Å². The molecule has 0 radical (unpaired) electrons. The maximum absolute atomic E-state index is 13.3. The van der Waals surface area contributed by atoms with Crippen molar-refractivity contribution in [3.05, 3.63) is 76.4 Å². The lowest BCUT2D eigenvalue weighted by Gasteiger charge is -2.24. The first kappa shape index (κ1) is 22.5. The van der Waals surface area contributed by atoms with Crippen molar-refractivity contribution in [1.82, 2.24) is 10.9 Å². The first-order valence-corrected chi connectivity index (χ1v) is 10.6. The van der Waals surface area contributed by atoms with E-state index in [1.165, 1.54) is 6.92 Å². The van der Waals surface area contributed by atoms with E-state index >= 15 is 0 Å². The third-order valence-electron chi connectivity index (χ3n) is 5.10. The zero-order valence-corrected chi connectivity index (χ0v) is 19.3. The molecule has 160 valence electrons. The zero-order valence-electron chi connectivity index (χ0n) is 17.7. The van der Waals surface area contributed by atoms with Crippen molar-refractivity contribution < 1.29 is 14.4 Å². The topological polar surface area (TPSA) is 78.5 Å². The summed E-state index contributed by atoms with van der Waals surface area (Å²) in [5.41, 5.74) is 10.4. The number of carbonyl (C=O) groups excluding carboxylic acids is 3. The number of fused-ring (bicyclic) bond motifs is 1. The molecule has 0 unspecified atom stereocenters.